The van der Waals surface area contributed by atoms with Crippen molar-refractivity contribution in [2.45, 2.75) is 32.1 Å². The number of fused-ring (bicyclic) bond motifs is 1. The normalized spacial score (nSPS) is 20.6. The summed E-state index contributed by atoms with van der Waals surface area (Å²) in [5.74, 6) is 0.853. The van der Waals surface area contributed by atoms with Crippen LogP contribution in [0, 0.1) is 0 Å². The Labute approximate surface area is 95.7 Å². The van der Waals surface area contributed by atoms with Crippen molar-refractivity contribution in [2.75, 3.05) is 7.11 Å². The third-order valence-corrected chi connectivity index (χ3v) is 3.46. The second kappa shape index (κ2) is 3.81. The van der Waals surface area contributed by atoms with Gasteiger partial charge in [-0.25, -0.2) is 0 Å². The molecule has 0 radical (unpaired) electrons. The van der Waals surface area contributed by atoms with Gasteiger partial charge in [-0.2, -0.15) is 0 Å². The number of nitrogens with zero attached hydrogens (tertiary/aromatic N) is 1. The molecule has 0 fully saturated rings. The van der Waals surface area contributed by atoms with Gasteiger partial charge in [0.15, 0.2) is 0 Å². The van der Waals surface area contributed by atoms with E-state index in [1.165, 1.54) is 11.1 Å². The van der Waals surface area contributed by atoms with Gasteiger partial charge in [-0.15, -0.1) is 0 Å². The summed E-state index contributed by atoms with van der Waals surface area (Å²) in [5.41, 5.74) is 3.15. The number of oxime groups is 1. The molecule has 86 valence electrons. The Kier molecular flexibility index (Phi) is 2.62. The van der Waals surface area contributed by atoms with Crippen LogP contribution in [0.25, 0.3) is 0 Å². The summed E-state index contributed by atoms with van der Waals surface area (Å²) >= 11 is 0. The number of ether oxygens (including phenoxy) is 1. The zero-order valence-corrected chi connectivity index (χ0v) is 9.95. The van der Waals surface area contributed by atoms with E-state index in [0.717, 1.165) is 24.3 Å². The minimum Gasteiger partial charge on any atom is -0.497 e. The highest BCUT2D eigenvalue weighted by atomic mass is 16.5. The van der Waals surface area contributed by atoms with Crippen LogP contribution in [0.1, 0.15) is 31.4 Å². The van der Waals surface area contributed by atoms with Gasteiger partial charge in [0, 0.05) is 5.41 Å². The number of aryl methyl sites for hydroxylation is 1. The predicted molar refractivity (Wildman–Crippen MR) is 63.6 cm³/mol. The topological polar surface area (TPSA) is 41.8 Å². The first-order valence-corrected chi connectivity index (χ1v) is 5.48. The van der Waals surface area contributed by atoms with Crippen LogP contribution in [0.15, 0.2) is 23.4 Å². The fraction of sp³-hybridized carbons (Fsp3) is 0.462. The summed E-state index contributed by atoms with van der Waals surface area (Å²) in [7, 11) is 1.67. The Morgan fingerprint density at radius 2 is 2.06 bits per heavy atom. The molecular formula is C13H17NO2. The summed E-state index contributed by atoms with van der Waals surface area (Å²) in [5, 5.41) is 12.5. The molecule has 1 aliphatic carbocycles. The molecule has 0 bridgehead atoms. The standard InChI is InChI=1S/C13H17NO2/c1-13(2)11-8-10(16-3)6-4-9(11)5-7-12(13)14-15/h4,6,8,15H,5,7H2,1-3H3. The first-order valence-electron chi connectivity index (χ1n) is 5.48. The van der Waals surface area contributed by atoms with Crippen molar-refractivity contribution >= 4 is 5.71 Å². The molecule has 1 aliphatic rings. The Balaban J connectivity index is 2.56. The highest BCUT2D eigenvalue weighted by molar-refractivity contribution is 5.95. The van der Waals surface area contributed by atoms with Gasteiger partial charge in [-0.1, -0.05) is 25.1 Å². The zero-order valence-electron chi connectivity index (χ0n) is 9.95. The van der Waals surface area contributed by atoms with Crippen LogP contribution < -0.4 is 4.74 Å². The molecule has 1 aromatic rings. The minimum atomic E-state index is -0.211. The van der Waals surface area contributed by atoms with Gasteiger partial charge in [0.1, 0.15) is 5.75 Å². The number of rotatable bonds is 1. The van der Waals surface area contributed by atoms with E-state index in [2.05, 4.69) is 25.1 Å². The van der Waals surface area contributed by atoms with E-state index in [1.54, 1.807) is 7.11 Å². The Morgan fingerprint density at radius 3 is 2.69 bits per heavy atom. The van der Waals surface area contributed by atoms with Crippen molar-refractivity contribution in [3.63, 3.8) is 0 Å². The highest BCUT2D eigenvalue weighted by Crippen LogP contribution is 2.36. The van der Waals surface area contributed by atoms with E-state index in [0.29, 0.717) is 0 Å². The molecule has 0 spiro atoms. The van der Waals surface area contributed by atoms with Gasteiger partial charge in [0.2, 0.25) is 0 Å². The molecule has 0 unspecified atom stereocenters. The highest BCUT2D eigenvalue weighted by Gasteiger charge is 2.34. The van der Waals surface area contributed by atoms with Crippen molar-refractivity contribution in [2.24, 2.45) is 5.16 Å². The van der Waals surface area contributed by atoms with E-state index in [1.807, 2.05) is 12.1 Å². The lowest BCUT2D eigenvalue weighted by Gasteiger charge is -2.33. The number of benzene rings is 1. The first kappa shape index (κ1) is 11.0. The lowest BCUT2D eigenvalue weighted by atomic mass is 9.71. The van der Waals surface area contributed by atoms with E-state index >= 15 is 0 Å². The molecule has 0 saturated carbocycles. The van der Waals surface area contributed by atoms with Crippen LogP contribution in [0.5, 0.6) is 5.75 Å². The van der Waals surface area contributed by atoms with Crippen molar-refractivity contribution < 1.29 is 9.94 Å². The van der Waals surface area contributed by atoms with Gasteiger partial charge in [0.25, 0.3) is 0 Å². The summed E-state index contributed by atoms with van der Waals surface area (Å²) in [6, 6.07) is 6.12. The lowest BCUT2D eigenvalue weighted by molar-refractivity contribution is 0.311. The van der Waals surface area contributed by atoms with Crippen molar-refractivity contribution in [3.05, 3.63) is 29.3 Å². The molecule has 0 aromatic heterocycles. The average molecular weight is 219 g/mol. The predicted octanol–water partition coefficient (Wildman–Crippen LogP) is 2.75. The number of methoxy groups -OCH3 is 1. The molecule has 1 aromatic carbocycles. The quantitative estimate of drug-likeness (QED) is 0.583. The van der Waals surface area contributed by atoms with E-state index < -0.39 is 0 Å². The fourth-order valence-corrected chi connectivity index (χ4v) is 2.38. The van der Waals surface area contributed by atoms with Gasteiger partial charge in [-0.05, 0) is 36.1 Å². The molecular weight excluding hydrogens is 202 g/mol. The molecule has 2 rings (SSSR count). The second-order valence-electron chi connectivity index (χ2n) is 4.69. The van der Waals surface area contributed by atoms with Crippen molar-refractivity contribution in [3.8, 4) is 5.75 Å². The van der Waals surface area contributed by atoms with Crippen LogP contribution in [0.4, 0.5) is 0 Å². The fourth-order valence-electron chi connectivity index (χ4n) is 2.38. The van der Waals surface area contributed by atoms with Crippen LogP contribution in [0.2, 0.25) is 0 Å². The van der Waals surface area contributed by atoms with Crippen molar-refractivity contribution in [1.29, 1.82) is 0 Å². The summed E-state index contributed by atoms with van der Waals surface area (Å²) < 4.78 is 5.24. The van der Waals surface area contributed by atoms with Crippen LogP contribution in [-0.4, -0.2) is 18.0 Å². The smallest absolute Gasteiger partial charge is 0.119 e. The molecule has 0 heterocycles. The Hall–Kier alpha value is -1.51. The van der Waals surface area contributed by atoms with E-state index in [9.17, 15) is 0 Å². The van der Waals surface area contributed by atoms with Crippen LogP contribution >= 0.6 is 0 Å². The van der Waals surface area contributed by atoms with E-state index in [-0.39, 0.29) is 5.41 Å². The third-order valence-electron chi connectivity index (χ3n) is 3.46. The monoisotopic (exact) mass is 219 g/mol. The third kappa shape index (κ3) is 1.56. The number of hydrogen-bond donors (Lipinski definition) is 1. The Bertz CT molecular complexity index is 436. The van der Waals surface area contributed by atoms with Crippen LogP contribution in [0.3, 0.4) is 0 Å². The lowest BCUT2D eigenvalue weighted by Crippen LogP contribution is -2.34. The molecule has 3 heteroatoms. The molecule has 0 saturated heterocycles. The largest absolute Gasteiger partial charge is 0.497 e. The molecule has 0 amide bonds. The maximum absolute atomic E-state index is 9.04. The SMILES string of the molecule is COc1ccc2c(c1)C(C)(C)C(=NO)CC2. The minimum absolute atomic E-state index is 0.211. The molecule has 0 atom stereocenters. The van der Waals surface area contributed by atoms with Gasteiger partial charge in [-0.3, -0.25) is 0 Å². The van der Waals surface area contributed by atoms with E-state index in [4.69, 9.17) is 9.94 Å². The first-order chi connectivity index (χ1) is 7.59. The maximum Gasteiger partial charge on any atom is 0.119 e. The summed E-state index contributed by atoms with van der Waals surface area (Å²) in [6.07, 6.45) is 1.75. The molecule has 0 aliphatic heterocycles. The second-order valence-corrected chi connectivity index (χ2v) is 4.69. The van der Waals surface area contributed by atoms with Gasteiger partial charge >= 0.3 is 0 Å². The summed E-state index contributed by atoms with van der Waals surface area (Å²) in [4.78, 5) is 0. The molecule has 1 N–H and O–H groups in total. The number of hydrogen-bond acceptors (Lipinski definition) is 3. The van der Waals surface area contributed by atoms with Crippen molar-refractivity contribution in [1.82, 2.24) is 0 Å². The average Bonchev–Trinajstić information content (AvgIpc) is 2.29. The Morgan fingerprint density at radius 1 is 1.31 bits per heavy atom. The summed E-state index contributed by atoms with van der Waals surface area (Å²) in [6.45, 7) is 4.17. The molecule has 3 nitrogen and oxygen atoms in total. The molecule has 16 heavy (non-hydrogen) atoms. The van der Waals surface area contributed by atoms with Crippen LogP contribution in [-0.2, 0) is 11.8 Å². The van der Waals surface area contributed by atoms with Gasteiger partial charge in [0.05, 0.1) is 12.8 Å². The zero-order chi connectivity index (χ0) is 11.8. The van der Waals surface area contributed by atoms with Gasteiger partial charge < -0.3 is 9.94 Å². The maximum atomic E-state index is 9.04.